The summed E-state index contributed by atoms with van der Waals surface area (Å²) in [4.78, 5) is 28.9. The molecule has 160 valence electrons. The van der Waals surface area contributed by atoms with Gasteiger partial charge in [0, 0.05) is 37.4 Å². The first-order valence-corrected chi connectivity index (χ1v) is 9.71. The second kappa shape index (κ2) is 10.5. The number of nitrogens with one attached hydrogen (secondary N) is 1. The van der Waals surface area contributed by atoms with Crippen molar-refractivity contribution in [2.45, 2.75) is 51.7 Å². The number of likely N-dealkylation sites (tertiary alicyclic amines) is 1. The maximum absolute atomic E-state index is 12.3. The molecule has 1 heterocycles. The molecule has 1 saturated heterocycles. The fourth-order valence-corrected chi connectivity index (χ4v) is 3.78. The number of ether oxygens (including phenoxy) is 2. The quantitative estimate of drug-likeness (QED) is 0.442. The Hall–Kier alpha value is -2.07. The van der Waals surface area contributed by atoms with E-state index in [2.05, 4.69) is 10.2 Å². The van der Waals surface area contributed by atoms with Gasteiger partial charge >= 0.3 is 6.09 Å². The van der Waals surface area contributed by atoms with Crippen molar-refractivity contribution in [3.63, 3.8) is 0 Å². The molecule has 3 atom stereocenters. The summed E-state index contributed by atoms with van der Waals surface area (Å²) in [6.07, 6.45) is 1.94. The molecule has 0 aromatic rings. The van der Waals surface area contributed by atoms with Crippen LogP contribution in [0.2, 0.25) is 0 Å². The summed E-state index contributed by atoms with van der Waals surface area (Å²) in [6.45, 7) is 4.77. The monoisotopic (exact) mass is 401 g/mol. The van der Waals surface area contributed by atoms with Gasteiger partial charge in [-0.1, -0.05) is 13.8 Å². The number of fused-ring (bicyclic) bond motifs is 1. The number of methoxy groups -OCH3 is 1. The third-order valence-electron chi connectivity index (χ3n) is 5.00. The third-order valence-corrected chi connectivity index (χ3v) is 5.00. The third kappa shape index (κ3) is 6.23. The number of aliphatic hydroxyl groups is 1. The first-order chi connectivity index (χ1) is 13.3. The summed E-state index contributed by atoms with van der Waals surface area (Å²) in [5.74, 6) is 0.584. The standard InChI is InChI=1S/C18H31N3O7/c1-12(2)19-8-15(22)11-27-16-6-4-5-14-7-13(10-28-21(24)25)9-20(17(14)16)18(23)26-3/h12-15,19,22H,4-11H2,1-3H3. The molecule has 0 aromatic heterocycles. The summed E-state index contributed by atoms with van der Waals surface area (Å²) in [7, 11) is 1.31. The molecule has 10 heteroatoms. The molecule has 0 bridgehead atoms. The highest BCUT2D eigenvalue weighted by Crippen LogP contribution is 2.41. The van der Waals surface area contributed by atoms with Crippen LogP contribution in [-0.4, -0.2) is 66.7 Å². The number of allylic oxidation sites excluding steroid dienone is 2. The molecular formula is C18H31N3O7. The maximum atomic E-state index is 12.3. The molecule has 1 fully saturated rings. The zero-order chi connectivity index (χ0) is 20.7. The van der Waals surface area contributed by atoms with Crippen molar-refractivity contribution in [2.75, 3.05) is 33.4 Å². The predicted octanol–water partition coefficient (Wildman–Crippen LogP) is 1.67. The number of amides is 1. The Morgan fingerprint density at radius 1 is 1.46 bits per heavy atom. The number of piperidine rings is 1. The Balaban J connectivity index is 2.11. The number of rotatable bonds is 9. The van der Waals surface area contributed by atoms with Gasteiger partial charge in [0.15, 0.2) is 0 Å². The summed E-state index contributed by atoms with van der Waals surface area (Å²) in [6, 6.07) is 0.266. The summed E-state index contributed by atoms with van der Waals surface area (Å²) >= 11 is 0. The van der Waals surface area contributed by atoms with E-state index in [0.717, 1.165) is 18.5 Å². The Morgan fingerprint density at radius 2 is 2.21 bits per heavy atom. The van der Waals surface area contributed by atoms with E-state index in [1.165, 1.54) is 12.0 Å². The summed E-state index contributed by atoms with van der Waals surface area (Å²) in [5.41, 5.74) is 0.777. The van der Waals surface area contributed by atoms with Gasteiger partial charge in [-0.2, -0.15) is 0 Å². The Labute approximate surface area is 164 Å². The Morgan fingerprint density at radius 3 is 2.86 bits per heavy atom. The summed E-state index contributed by atoms with van der Waals surface area (Å²) < 4.78 is 10.8. The van der Waals surface area contributed by atoms with Gasteiger partial charge in [0.05, 0.1) is 12.8 Å². The van der Waals surface area contributed by atoms with Gasteiger partial charge in [-0.3, -0.25) is 4.90 Å². The van der Waals surface area contributed by atoms with Gasteiger partial charge in [0.1, 0.15) is 25.1 Å². The van der Waals surface area contributed by atoms with E-state index in [1.807, 2.05) is 13.8 Å². The van der Waals surface area contributed by atoms with Crippen LogP contribution in [0.1, 0.15) is 39.5 Å². The number of hydrogen-bond donors (Lipinski definition) is 2. The van der Waals surface area contributed by atoms with Crippen molar-refractivity contribution in [3.05, 3.63) is 21.6 Å². The zero-order valence-electron chi connectivity index (χ0n) is 16.8. The number of aliphatic hydroxyl groups excluding tert-OH is 1. The summed E-state index contributed by atoms with van der Waals surface area (Å²) in [5, 5.41) is 23.0. The molecule has 2 aliphatic rings. The molecule has 3 unspecified atom stereocenters. The average molecular weight is 401 g/mol. The van der Waals surface area contributed by atoms with Gasteiger partial charge < -0.3 is 24.7 Å². The second-order valence-corrected chi connectivity index (χ2v) is 7.63. The van der Waals surface area contributed by atoms with Gasteiger partial charge in [0.2, 0.25) is 0 Å². The lowest BCUT2D eigenvalue weighted by Crippen LogP contribution is -2.45. The lowest BCUT2D eigenvalue weighted by Gasteiger charge is -2.42. The van der Waals surface area contributed by atoms with Crippen molar-refractivity contribution >= 4 is 6.09 Å². The second-order valence-electron chi connectivity index (χ2n) is 7.63. The van der Waals surface area contributed by atoms with Crippen molar-refractivity contribution < 1.29 is 29.3 Å². The molecule has 0 radical (unpaired) electrons. The number of nitrogens with zero attached hydrogens (tertiary/aromatic N) is 2. The van der Waals surface area contributed by atoms with Crippen LogP contribution >= 0.6 is 0 Å². The van der Waals surface area contributed by atoms with Crippen LogP contribution in [0.15, 0.2) is 11.5 Å². The van der Waals surface area contributed by atoms with Crippen LogP contribution in [0.25, 0.3) is 0 Å². The zero-order valence-corrected chi connectivity index (χ0v) is 16.8. The molecular weight excluding hydrogens is 370 g/mol. The van der Waals surface area contributed by atoms with E-state index in [-0.39, 0.29) is 37.6 Å². The Kier molecular flexibility index (Phi) is 8.31. The molecule has 0 aromatic carbocycles. The predicted molar refractivity (Wildman–Crippen MR) is 99.6 cm³/mol. The minimum atomic E-state index is -0.810. The molecule has 1 amide bonds. The molecule has 1 aliphatic heterocycles. The SMILES string of the molecule is COC(=O)N1CC(CO[N+](=O)[O-])CC2CCCC(OCC(O)CNC(C)C)=C21. The van der Waals surface area contributed by atoms with E-state index in [0.29, 0.717) is 25.1 Å². The molecule has 28 heavy (non-hydrogen) atoms. The van der Waals surface area contributed by atoms with Crippen molar-refractivity contribution in [1.29, 1.82) is 0 Å². The van der Waals surface area contributed by atoms with Crippen LogP contribution < -0.4 is 5.32 Å². The smallest absolute Gasteiger partial charge is 0.413 e. The highest BCUT2D eigenvalue weighted by molar-refractivity contribution is 5.70. The Bertz CT molecular complexity index is 582. The van der Waals surface area contributed by atoms with Gasteiger partial charge in [-0.15, -0.1) is 10.1 Å². The first kappa shape index (κ1) is 22.2. The normalized spacial score (nSPS) is 23.2. The minimum Gasteiger partial charge on any atom is -0.493 e. The molecule has 2 rings (SSSR count). The average Bonchev–Trinajstić information content (AvgIpc) is 2.67. The number of carbonyl (C=O) groups excluding carboxylic acids is 1. The van der Waals surface area contributed by atoms with Crippen LogP contribution in [-0.2, 0) is 14.3 Å². The molecule has 10 nitrogen and oxygen atoms in total. The number of hydrogen-bond acceptors (Lipinski definition) is 8. The van der Waals surface area contributed by atoms with E-state index in [9.17, 15) is 20.0 Å². The highest BCUT2D eigenvalue weighted by Gasteiger charge is 2.39. The largest absolute Gasteiger partial charge is 0.493 e. The van der Waals surface area contributed by atoms with Crippen LogP contribution in [0.3, 0.4) is 0 Å². The van der Waals surface area contributed by atoms with Crippen molar-refractivity contribution in [1.82, 2.24) is 10.2 Å². The fourth-order valence-electron chi connectivity index (χ4n) is 3.78. The van der Waals surface area contributed by atoms with E-state index < -0.39 is 17.3 Å². The van der Waals surface area contributed by atoms with Crippen molar-refractivity contribution in [3.8, 4) is 0 Å². The van der Waals surface area contributed by atoms with Crippen LogP contribution in [0, 0.1) is 22.0 Å². The molecule has 2 N–H and O–H groups in total. The van der Waals surface area contributed by atoms with Crippen molar-refractivity contribution in [2.24, 2.45) is 11.8 Å². The van der Waals surface area contributed by atoms with Gasteiger partial charge in [0.25, 0.3) is 5.09 Å². The topological polar surface area (TPSA) is 123 Å². The first-order valence-electron chi connectivity index (χ1n) is 9.71. The van der Waals surface area contributed by atoms with Crippen LogP contribution in [0.4, 0.5) is 4.79 Å². The molecule has 0 spiro atoms. The maximum Gasteiger partial charge on any atom is 0.413 e. The van der Waals surface area contributed by atoms with Gasteiger partial charge in [-0.25, -0.2) is 4.79 Å². The lowest BCUT2D eigenvalue weighted by atomic mass is 9.80. The lowest BCUT2D eigenvalue weighted by molar-refractivity contribution is -0.759. The van der Waals surface area contributed by atoms with Crippen LogP contribution in [0.5, 0.6) is 0 Å². The molecule has 1 aliphatic carbocycles. The van der Waals surface area contributed by atoms with E-state index in [1.54, 1.807) is 0 Å². The fraction of sp³-hybridized carbons (Fsp3) is 0.833. The highest BCUT2D eigenvalue weighted by atomic mass is 16.9. The van der Waals surface area contributed by atoms with E-state index >= 15 is 0 Å². The minimum absolute atomic E-state index is 0.0443. The number of carbonyl (C=O) groups is 1. The molecule has 0 saturated carbocycles. The van der Waals surface area contributed by atoms with E-state index in [4.69, 9.17) is 9.47 Å². The van der Waals surface area contributed by atoms with Gasteiger partial charge in [-0.05, 0) is 19.3 Å².